The van der Waals surface area contributed by atoms with Crippen molar-refractivity contribution in [3.05, 3.63) is 62.6 Å². The summed E-state index contributed by atoms with van der Waals surface area (Å²) >= 11 is 9.46. The third kappa shape index (κ3) is 3.11. The van der Waals surface area contributed by atoms with E-state index in [0.717, 1.165) is 15.6 Å². The van der Waals surface area contributed by atoms with E-state index in [1.807, 2.05) is 25.1 Å². The van der Waals surface area contributed by atoms with E-state index >= 15 is 0 Å². The fraction of sp³-hybridized carbons (Fsp3) is 0.200. The zero-order valence-electron chi connectivity index (χ0n) is 10.7. The van der Waals surface area contributed by atoms with Crippen molar-refractivity contribution in [2.24, 2.45) is 0 Å². The number of methoxy groups -OCH3 is 1. The first kappa shape index (κ1) is 14.4. The molecule has 2 rings (SSSR count). The van der Waals surface area contributed by atoms with Gasteiger partial charge >= 0.3 is 0 Å². The van der Waals surface area contributed by atoms with Gasteiger partial charge in [0.1, 0.15) is 11.9 Å². The van der Waals surface area contributed by atoms with E-state index < -0.39 is 6.10 Å². The van der Waals surface area contributed by atoms with E-state index in [-0.39, 0.29) is 0 Å². The lowest BCUT2D eigenvalue weighted by Gasteiger charge is -2.17. The Morgan fingerprint density at radius 1 is 1.16 bits per heavy atom. The quantitative estimate of drug-likeness (QED) is 0.890. The van der Waals surface area contributed by atoms with Crippen molar-refractivity contribution in [1.29, 1.82) is 0 Å². The Morgan fingerprint density at radius 3 is 2.58 bits per heavy atom. The molecule has 0 aliphatic carbocycles. The first-order chi connectivity index (χ1) is 9.02. The van der Waals surface area contributed by atoms with E-state index in [2.05, 4.69) is 15.9 Å². The van der Waals surface area contributed by atoms with Gasteiger partial charge < -0.3 is 9.84 Å². The SMILES string of the molecule is COc1ccc(Cl)cc1C(O)c1cc(C)ccc1Br. The van der Waals surface area contributed by atoms with Crippen LogP contribution in [0.4, 0.5) is 0 Å². The summed E-state index contributed by atoms with van der Waals surface area (Å²) in [5.74, 6) is 0.616. The van der Waals surface area contributed by atoms with Crippen molar-refractivity contribution in [2.75, 3.05) is 7.11 Å². The molecule has 2 nitrogen and oxygen atoms in total. The molecule has 0 saturated carbocycles. The van der Waals surface area contributed by atoms with E-state index in [0.29, 0.717) is 16.3 Å². The van der Waals surface area contributed by atoms with Crippen LogP contribution in [-0.2, 0) is 0 Å². The average Bonchev–Trinajstić information content (AvgIpc) is 2.40. The Hall–Kier alpha value is -1.03. The van der Waals surface area contributed by atoms with Crippen LogP contribution in [0.15, 0.2) is 40.9 Å². The fourth-order valence-electron chi connectivity index (χ4n) is 1.96. The molecule has 0 amide bonds. The molecule has 0 aromatic heterocycles. The summed E-state index contributed by atoms with van der Waals surface area (Å²) < 4.78 is 6.13. The highest BCUT2D eigenvalue weighted by molar-refractivity contribution is 9.10. The topological polar surface area (TPSA) is 29.5 Å². The number of rotatable bonds is 3. The third-order valence-corrected chi connectivity index (χ3v) is 3.89. The molecule has 0 saturated heterocycles. The standard InChI is InChI=1S/C15H14BrClO2/c1-9-3-5-13(16)11(7-9)15(18)12-8-10(17)4-6-14(12)19-2/h3-8,15,18H,1-2H3. The summed E-state index contributed by atoms with van der Waals surface area (Å²) in [4.78, 5) is 0. The maximum atomic E-state index is 10.6. The second-order valence-electron chi connectivity index (χ2n) is 4.31. The van der Waals surface area contributed by atoms with Crippen molar-refractivity contribution in [3.63, 3.8) is 0 Å². The summed E-state index contributed by atoms with van der Waals surface area (Å²) in [6.45, 7) is 1.98. The molecule has 100 valence electrons. The van der Waals surface area contributed by atoms with Gasteiger partial charge in [-0.05, 0) is 36.8 Å². The largest absolute Gasteiger partial charge is 0.496 e. The number of hydrogen-bond donors (Lipinski definition) is 1. The lowest BCUT2D eigenvalue weighted by Crippen LogP contribution is -2.03. The normalized spacial score (nSPS) is 12.3. The number of aliphatic hydroxyl groups excluding tert-OH is 1. The molecule has 2 aromatic carbocycles. The lowest BCUT2D eigenvalue weighted by molar-refractivity contribution is 0.214. The molecule has 0 aliphatic rings. The smallest absolute Gasteiger partial charge is 0.125 e. The van der Waals surface area contributed by atoms with Crippen molar-refractivity contribution in [1.82, 2.24) is 0 Å². The van der Waals surface area contributed by atoms with Gasteiger partial charge in [0.25, 0.3) is 0 Å². The van der Waals surface area contributed by atoms with Crippen molar-refractivity contribution in [2.45, 2.75) is 13.0 Å². The molecule has 4 heteroatoms. The molecular formula is C15H14BrClO2. The molecule has 0 radical (unpaired) electrons. The molecule has 1 atom stereocenters. The molecule has 0 aliphatic heterocycles. The van der Waals surface area contributed by atoms with Crippen LogP contribution in [0.25, 0.3) is 0 Å². The van der Waals surface area contributed by atoms with Crippen molar-refractivity contribution in [3.8, 4) is 5.75 Å². The summed E-state index contributed by atoms with van der Waals surface area (Å²) in [5.41, 5.74) is 2.53. The summed E-state index contributed by atoms with van der Waals surface area (Å²) in [6.07, 6.45) is -0.789. The second kappa shape index (κ2) is 5.95. The minimum Gasteiger partial charge on any atom is -0.496 e. The lowest BCUT2D eigenvalue weighted by atomic mass is 9.99. The molecule has 1 unspecified atom stereocenters. The van der Waals surface area contributed by atoms with E-state index in [4.69, 9.17) is 16.3 Å². The van der Waals surface area contributed by atoms with Gasteiger partial charge in [0.05, 0.1) is 7.11 Å². The molecule has 0 heterocycles. The highest BCUT2D eigenvalue weighted by atomic mass is 79.9. The summed E-state index contributed by atoms with van der Waals surface area (Å²) in [7, 11) is 1.57. The zero-order chi connectivity index (χ0) is 14.0. The average molecular weight is 342 g/mol. The van der Waals surface area contributed by atoms with E-state index in [9.17, 15) is 5.11 Å². The van der Waals surface area contributed by atoms with Gasteiger partial charge in [0.2, 0.25) is 0 Å². The van der Waals surface area contributed by atoms with Crippen LogP contribution in [0, 0.1) is 6.92 Å². The second-order valence-corrected chi connectivity index (χ2v) is 5.60. The van der Waals surface area contributed by atoms with Gasteiger partial charge in [-0.2, -0.15) is 0 Å². The number of ether oxygens (including phenoxy) is 1. The molecule has 0 spiro atoms. The summed E-state index contributed by atoms with van der Waals surface area (Å²) in [5, 5.41) is 11.1. The molecule has 2 aromatic rings. The predicted molar refractivity (Wildman–Crippen MR) is 80.9 cm³/mol. The van der Waals surface area contributed by atoms with E-state index in [1.54, 1.807) is 25.3 Å². The van der Waals surface area contributed by atoms with Crippen LogP contribution < -0.4 is 4.74 Å². The molecular weight excluding hydrogens is 328 g/mol. The molecule has 19 heavy (non-hydrogen) atoms. The first-order valence-corrected chi connectivity index (χ1v) is 6.97. The van der Waals surface area contributed by atoms with Crippen molar-refractivity contribution >= 4 is 27.5 Å². The Morgan fingerprint density at radius 2 is 1.89 bits per heavy atom. The van der Waals surface area contributed by atoms with Crippen LogP contribution in [0.3, 0.4) is 0 Å². The number of halogens is 2. The zero-order valence-corrected chi connectivity index (χ0v) is 13.0. The van der Waals surface area contributed by atoms with Crippen LogP contribution in [0.5, 0.6) is 5.75 Å². The van der Waals surface area contributed by atoms with Crippen molar-refractivity contribution < 1.29 is 9.84 Å². The predicted octanol–water partition coefficient (Wildman–Crippen LogP) is 4.50. The number of benzene rings is 2. The van der Waals surface area contributed by atoms with Crippen LogP contribution in [0.1, 0.15) is 22.8 Å². The molecule has 0 bridgehead atoms. The van der Waals surface area contributed by atoms with Gasteiger partial charge in [-0.15, -0.1) is 0 Å². The molecule has 0 fully saturated rings. The fourth-order valence-corrected chi connectivity index (χ4v) is 2.60. The number of hydrogen-bond acceptors (Lipinski definition) is 2. The van der Waals surface area contributed by atoms with Crippen LogP contribution in [0.2, 0.25) is 5.02 Å². The Bertz CT molecular complexity index is 599. The number of aryl methyl sites for hydroxylation is 1. The Balaban J connectivity index is 2.51. The van der Waals surface area contributed by atoms with Gasteiger partial charge in [0.15, 0.2) is 0 Å². The first-order valence-electron chi connectivity index (χ1n) is 5.80. The number of aliphatic hydroxyl groups is 1. The maximum absolute atomic E-state index is 10.6. The van der Waals surface area contributed by atoms with Crippen LogP contribution >= 0.6 is 27.5 Å². The highest BCUT2D eigenvalue weighted by Gasteiger charge is 2.18. The highest BCUT2D eigenvalue weighted by Crippen LogP contribution is 2.35. The third-order valence-electron chi connectivity index (χ3n) is 2.93. The van der Waals surface area contributed by atoms with Gasteiger partial charge in [-0.3, -0.25) is 0 Å². The van der Waals surface area contributed by atoms with Crippen LogP contribution in [-0.4, -0.2) is 12.2 Å². The molecule has 1 N–H and O–H groups in total. The Kier molecular flexibility index (Phi) is 4.50. The Labute approximate surface area is 126 Å². The van der Waals surface area contributed by atoms with Gasteiger partial charge in [-0.1, -0.05) is 45.2 Å². The summed E-state index contributed by atoms with van der Waals surface area (Å²) in [6, 6.07) is 11.1. The monoisotopic (exact) mass is 340 g/mol. The minimum absolute atomic E-state index is 0.568. The van der Waals surface area contributed by atoms with Gasteiger partial charge in [-0.25, -0.2) is 0 Å². The maximum Gasteiger partial charge on any atom is 0.125 e. The minimum atomic E-state index is -0.789. The van der Waals surface area contributed by atoms with E-state index in [1.165, 1.54) is 0 Å². The van der Waals surface area contributed by atoms with Gasteiger partial charge in [0, 0.05) is 15.1 Å².